The maximum atomic E-state index is 14.0. The number of carbonyl (C=O) groups excluding carboxylic acids is 1. The summed E-state index contributed by atoms with van der Waals surface area (Å²) < 4.78 is 28.1. The Balaban J connectivity index is 1.59. The van der Waals surface area contributed by atoms with Crippen molar-refractivity contribution < 1.29 is 23.1 Å². The third-order valence-electron chi connectivity index (χ3n) is 6.40. The highest BCUT2D eigenvalue weighted by atomic mass is 35.5. The van der Waals surface area contributed by atoms with Crippen molar-refractivity contribution in [1.29, 1.82) is 0 Å². The first-order valence-electron chi connectivity index (χ1n) is 11.3. The summed E-state index contributed by atoms with van der Waals surface area (Å²) >= 11 is 6.08. The summed E-state index contributed by atoms with van der Waals surface area (Å²) in [5.41, 5.74) is 1.85. The van der Waals surface area contributed by atoms with Gasteiger partial charge in [0, 0.05) is 41.6 Å². The van der Waals surface area contributed by atoms with Gasteiger partial charge in [-0.3, -0.25) is 14.7 Å². The van der Waals surface area contributed by atoms with Gasteiger partial charge in [-0.2, -0.15) is 0 Å². The summed E-state index contributed by atoms with van der Waals surface area (Å²) in [6.07, 6.45) is 0. The van der Waals surface area contributed by atoms with Gasteiger partial charge in [0.15, 0.2) is 0 Å². The summed E-state index contributed by atoms with van der Waals surface area (Å²) in [6, 6.07) is 12.2. The second-order valence-corrected chi connectivity index (χ2v) is 11.3. The number of amidine groups is 1. The zero-order chi connectivity index (χ0) is 25.6. The molecule has 1 aromatic heterocycles. The molecule has 3 heterocycles. The van der Waals surface area contributed by atoms with Gasteiger partial charge in [-0.1, -0.05) is 35.9 Å². The first-order valence-corrected chi connectivity index (χ1v) is 13.2. The number of sulfone groups is 1. The van der Waals surface area contributed by atoms with Crippen LogP contribution in [0.25, 0.3) is 10.9 Å². The number of hydrogen-bond donors (Lipinski definition) is 3. The lowest BCUT2D eigenvalue weighted by Gasteiger charge is -2.36. The van der Waals surface area contributed by atoms with Crippen LogP contribution < -0.4 is 5.32 Å². The normalized spacial score (nSPS) is 19.8. The molecule has 2 aromatic carbocycles. The minimum absolute atomic E-state index is 0.0494. The van der Waals surface area contributed by atoms with E-state index in [1.807, 2.05) is 11.9 Å². The van der Waals surface area contributed by atoms with Crippen LogP contribution in [0.5, 0.6) is 0 Å². The minimum atomic E-state index is -4.13. The van der Waals surface area contributed by atoms with Crippen molar-refractivity contribution in [3.8, 4) is 0 Å². The number of carboxylic acids is 1. The van der Waals surface area contributed by atoms with Crippen LogP contribution in [0.1, 0.15) is 16.5 Å². The summed E-state index contributed by atoms with van der Waals surface area (Å²) in [5, 5.41) is 11.7. The van der Waals surface area contributed by atoms with Gasteiger partial charge in [0.05, 0.1) is 13.1 Å². The van der Waals surface area contributed by atoms with Gasteiger partial charge in [0.1, 0.15) is 22.3 Å². The first-order chi connectivity index (χ1) is 17.1. The van der Waals surface area contributed by atoms with Crippen LogP contribution in [0.3, 0.4) is 0 Å². The minimum Gasteiger partial charge on any atom is -0.480 e. The highest BCUT2D eigenvalue weighted by molar-refractivity contribution is 7.91. The quantitative estimate of drug-likeness (QED) is 0.443. The predicted molar refractivity (Wildman–Crippen MR) is 135 cm³/mol. The number of aliphatic imine (C=N–C) groups is 1. The van der Waals surface area contributed by atoms with Crippen LogP contribution in [0.4, 0.5) is 0 Å². The Hall–Kier alpha value is -3.41. The van der Waals surface area contributed by atoms with Crippen molar-refractivity contribution in [2.45, 2.75) is 16.4 Å². The van der Waals surface area contributed by atoms with Crippen LogP contribution in [0, 0.1) is 0 Å². The molecule has 3 aromatic rings. The van der Waals surface area contributed by atoms with Crippen LogP contribution in [0.2, 0.25) is 5.02 Å². The van der Waals surface area contributed by atoms with E-state index in [4.69, 9.17) is 11.6 Å². The Morgan fingerprint density at radius 1 is 1.19 bits per heavy atom. The number of aromatic amines is 1. The molecule has 0 aliphatic carbocycles. The van der Waals surface area contributed by atoms with E-state index in [1.165, 1.54) is 11.0 Å². The molecule has 1 unspecified atom stereocenters. The SMILES string of the molecule is CN1CCN=C1c1ccc(C(N2CC(=O)N[C@@H](C(=O)O)C2)S(=O)(=O)c2cc3cc(Cl)ccc3[nH]2)cc1. The number of nitrogens with one attached hydrogen (secondary N) is 2. The molecule has 0 radical (unpaired) electrons. The number of likely N-dealkylation sites (N-methyl/N-ethyl adjacent to an activating group) is 1. The molecular weight excluding hydrogens is 506 g/mol. The summed E-state index contributed by atoms with van der Waals surface area (Å²) in [7, 11) is -2.19. The molecular formula is C24H24ClN5O5S. The summed E-state index contributed by atoms with van der Waals surface area (Å²) in [5.74, 6) is -0.977. The maximum absolute atomic E-state index is 14.0. The molecule has 3 N–H and O–H groups in total. The zero-order valence-electron chi connectivity index (χ0n) is 19.3. The van der Waals surface area contributed by atoms with Crippen molar-refractivity contribution in [1.82, 2.24) is 20.1 Å². The lowest BCUT2D eigenvalue weighted by molar-refractivity contribution is -0.145. The number of hydrogen-bond acceptors (Lipinski definition) is 7. The number of carboxylic acid groups (broad SMARTS) is 1. The number of fused-ring (bicyclic) bond motifs is 1. The Kier molecular flexibility index (Phi) is 6.23. The van der Waals surface area contributed by atoms with Crippen LogP contribution >= 0.6 is 11.6 Å². The molecule has 1 fully saturated rings. The summed E-state index contributed by atoms with van der Waals surface area (Å²) in [6.45, 7) is 1.05. The standard InChI is InChI=1S/C24H24ClN5O5S/c1-29-9-8-26-22(29)14-2-4-15(5-3-14)23(30-12-19(24(32)33)27-20(31)13-30)36(34,35)21-11-16-10-17(25)6-7-18(16)28-21/h2-7,10-11,19,23,28H,8-9,12-13H2,1H3,(H,27,31)(H,32,33)/t19-,23?/m1/s1. The molecule has 12 heteroatoms. The Morgan fingerprint density at radius 2 is 1.94 bits per heavy atom. The number of piperazine rings is 1. The molecule has 0 spiro atoms. The lowest BCUT2D eigenvalue weighted by atomic mass is 10.1. The third kappa shape index (κ3) is 4.45. The second-order valence-electron chi connectivity index (χ2n) is 8.90. The van der Waals surface area contributed by atoms with E-state index in [2.05, 4.69) is 15.3 Å². The highest BCUT2D eigenvalue weighted by Gasteiger charge is 2.41. The van der Waals surface area contributed by atoms with Crippen LogP contribution in [-0.4, -0.2) is 85.3 Å². The molecule has 36 heavy (non-hydrogen) atoms. The number of amides is 1. The van der Waals surface area contributed by atoms with Gasteiger partial charge in [-0.25, -0.2) is 13.2 Å². The van der Waals surface area contributed by atoms with E-state index in [0.29, 0.717) is 28.0 Å². The average molecular weight is 530 g/mol. The van der Waals surface area contributed by atoms with Gasteiger partial charge in [0.25, 0.3) is 0 Å². The van der Waals surface area contributed by atoms with Gasteiger partial charge < -0.3 is 20.3 Å². The molecule has 2 aliphatic heterocycles. The van der Waals surface area contributed by atoms with E-state index in [1.54, 1.807) is 42.5 Å². The van der Waals surface area contributed by atoms with Crippen molar-refractivity contribution >= 4 is 50.1 Å². The fraction of sp³-hybridized carbons (Fsp3) is 0.292. The number of halogens is 1. The van der Waals surface area contributed by atoms with Gasteiger partial charge >= 0.3 is 5.97 Å². The largest absolute Gasteiger partial charge is 0.480 e. The molecule has 1 saturated heterocycles. The molecule has 0 bridgehead atoms. The Labute approximate surface area is 212 Å². The first kappa shape index (κ1) is 24.3. The fourth-order valence-electron chi connectivity index (χ4n) is 4.67. The molecule has 10 nitrogen and oxygen atoms in total. The number of benzene rings is 2. The third-order valence-corrected chi connectivity index (χ3v) is 8.63. The van der Waals surface area contributed by atoms with Crippen molar-refractivity contribution in [2.75, 3.05) is 33.2 Å². The van der Waals surface area contributed by atoms with Crippen molar-refractivity contribution in [3.63, 3.8) is 0 Å². The molecule has 5 rings (SSSR count). The number of H-pyrrole nitrogens is 1. The average Bonchev–Trinajstić information content (AvgIpc) is 3.45. The van der Waals surface area contributed by atoms with E-state index in [9.17, 15) is 23.1 Å². The lowest BCUT2D eigenvalue weighted by Crippen LogP contribution is -2.58. The number of aromatic nitrogens is 1. The number of aliphatic carboxylic acids is 1. The Morgan fingerprint density at radius 3 is 2.61 bits per heavy atom. The molecule has 1 amide bonds. The summed E-state index contributed by atoms with van der Waals surface area (Å²) in [4.78, 5) is 34.9. The van der Waals surface area contributed by atoms with Crippen molar-refractivity contribution in [2.24, 2.45) is 4.99 Å². The number of carbonyl (C=O) groups is 2. The molecule has 2 aliphatic rings. The topological polar surface area (TPSA) is 135 Å². The van der Waals surface area contributed by atoms with Gasteiger partial charge in [-0.05, 0) is 29.8 Å². The van der Waals surface area contributed by atoms with Gasteiger partial charge in [0.2, 0.25) is 15.7 Å². The van der Waals surface area contributed by atoms with Crippen LogP contribution in [0.15, 0.2) is 58.5 Å². The van der Waals surface area contributed by atoms with E-state index in [0.717, 1.165) is 17.9 Å². The van der Waals surface area contributed by atoms with Gasteiger partial charge in [-0.15, -0.1) is 0 Å². The number of rotatable bonds is 6. The zero-order valence-corrected chi connectivity index (χ0v) is 20.9. The predicted octanol–water partition coefficient (Wildman–Crippen LogP) is 1.87. The van der Waals surface area contributed by atoms with Crippen molar-refractivity contribution in [3.05, 3.63) is 64.7 Å². The second kappa shape index (κ2) is 9.23. The van der Waals surface area contributed by atoms with E-state index in [-0.39, 0.29) is 18.1 Å². The Bertz CT molecular complexity index is 1480. The molecule has 0 saturated carbocycles. The fourth-order valence-corrected chi connectivity index (χ4v) is 6.70. The van der Waals surface area contributed by atoms with Crippen LogP contribution in [-0.2, 0) is 19.4 Å². The smallest absolute Gasteiger partial charge is 0.327 e. The molecule has 2 atom stereocenters. The van der Waals surface area contributed by atoms with E-state index >= 15 is 0 Å². The highest BCUT2D eigenvalue weighted by Crippen LogP contribution is 2.35. The molecule has 188 valence electrons. The number of nitrogens with zero attached hydrogens (tertiary/aromatic N) is 3. The maximum Gasteiger partial charge on any atom is 0.327 e. The van der Waals surface area contributed by atoms with E-state index < -0.39 is 33.1 Å². The monoisotopic (exact) mass is 529 g/mol.